The zero-order valence-corrected chi connectivity index (χ0v) is 57.5. The van der Waals surface area contributed by atoms with Crippen LogP contribution in [0.2, 0.25) is 0 Å². The van der Waals surface area contributed by atoms with Gasteiger partial charge in [0.25, 0.3) is 0 Å². The standard InChI is InChI=1S/C62H108N20O16/c1-32(2)47(58(94)73-34(5)49(85)71-35(6)51(87)78-42(61(97)98)23-25-46(66)84)79-55(91)38(16-8-10-26-63)74-54(90)39(19-13-29-70-62(67)68)75-56(92)43-20-14-30-81(43)59(95)41(17-9-11-27-64)77-50(86)36(7)72-53(89)40(22-24-45(65)83)76-57(93)44-21-15-31-82(44)60(96)48(33(3)4)80-52(88)37-18-12-28-69-37/h32-44,47-48,69H,8-31,63-64H2,1-7H3,(H2,65,83)(H2,66,84)(H,71,85)(H,72,89)(H,73,94)(H,74,90)(H,75,92)(H,76,93)(H,77,86)(H,78,87)(H,79,91)(H,80,88)(H,97,98)(H4,67,68,70)/t34-,35-,36-,37-,38-,39-,40-,41-,42-,43-,44-,47-,48-/m0/s1. The van der Waals surface area contributed by atoms with Crippen molar-refractivity contribution >= 4 is 94.6 Å². The van der Waals surface area contributed by atoms with E-state index in [1.807, 2.05) is 0 Å². The van der Waals surface area contributed by atoms with Gasteiger partial charge in [0.1, 0.15) is 72.5 Å². The van der Waals surface area contributed by atoms with Crippen molar-refractivity contribution in [1.82, 2.24) is 73.6 Å². The van der Waals surface area contributed by atoms with E-state index in [0.717, 1.165) is 6.42 Å². The summed E-state index contributed by atoms with van der Waals surface area (Å²) in [6.07, 6.45) is 2.81. The van der Waals surface area contributed by atoms with Crippen LogP contribution < -0.4 is 92.5 Å². The van der Waals surface area contributed by atoms with Crippen molar-refractivity contribution in [2.75, 3.05) is 39.3 Å². The number of nitrogens with zero attached hydrogens (tertiary/aromatic N) is 2. The van der Waals surface area contributed by atoms with Crippen LogP contribution >= 0.6 is 0 Å². The Balaban J connectivity index is 1.80. The van der Waals surface area contributed by atoms with Gasteiger partial charge < -0.3 is 107 Å². The largest absolute Gasteiger partial charge is 0.480 e. The van der Waals surface area contributed by atoms with E-state index in [9.17, 15) is 77.0 Å². The molecule has 13 atom stereocenters. The summed E-state index contributed by atoms with van der Waals surface area (Å²) < 4.78 is 0. The number of hydrogen-bond acceptors (Lipinski definition) is 19. The van der Waals surface area contributed by atoms with Gasteiger partial charge >= 0.3 is 5.97 Å². The molecule has 0 unspecified atom stereocenters. The van der Waals surface area contributed by atoms with E-state index in [2.05, 4.69) is 63.8 Å². The van der Waals surface area contributed by atoms with E-state index in [-0.39, 0.29) is 115 Å². The minimum atomic E-state index is -1.49. The Morgan fingerprint density at radius 3 is 1.35 bits per heavy atom. The number of carbonyl (C=O) groups excluding carboxylic acids is 14. The van der Waals surface area contributed by atoms with Crippen LogP contribution in [0.15, 0.2) is 0 Å². The fraction of sp³-hybridized carbons (Fsp3) is 0.742. The van der Waals surface area contributed by atoms with Crippen molar-refractivity contribution in [2.45, 2.75) is 243 Å². The second-order valence-electron chi connectivity index (χ2n) is 25.9. The Labute approximate surface area is 571 Å². The highest BCUT2D eigenvalue weighted by atomic mass is 16.4. The highest BCUT2D eigenvalue weighted by molar-refractivity contribution is 6.00. The number of primary amides is 2. The van der Waals surface area contributed by atoms with Crippen molar-refractivity contribution < 1.29 is 77.0 Å². The van der Waals surface area contributed by atoms with Gasteiger partial charge in [0, 0.05) is 32.5 Å². The summed E-state index contributed by atoms with van der Waals surface area (Å²) in [4.78, 5) is 204. The number of hydrogen-bond donors (Lipinski definition) is 19. The predicted octanol–water partition coefficient (Wildman–Crippen LogP) is -5.92. The fourth-order valence-corrected chi connectivity index (χ4v) is 11.4. The van der Waals surface area contributed by atoms with E-state index in [4.69, 9.17) is 34.1 Å². The number of carboxylic acid groups (broad SMARTS) is 1. The van der Waals surface area contributed by atoms with Crippen LogP contribution in [0.4, 0.5) is 0 Å². The Bertz CT molecular complexity index is 2810. The van der Waals surface area contributed by atoms with Crippen molar-refractivity contribution in [3.8, 4) is 0 Å². The molecule has 0 aromatic rings. The maximum atomic E-state index is 14.7. The lowest BCUT2D eigenvalue weighted by Gasteiger charge is -2.32. The number of aliphatic carboxylic acids is 1. The summed E-state index contributed by atoms with van der Waals surface area (Å²) in [6.45, 7) is 12.1. The van der Waals surface area contributed by atoms with Crippen LogP contribution in [0.5, 0.6) is 0 Å². The number of amides is 14. The molecular weight excluding hydrogens is 1280 g/mol. The zero-order chi connectivity index (χ0) is 73.5. The molecule has 3 aliphatic heterocycles. The van der Waals surface area contributed by atoms with Crippen LogP contribution in [0.25, 0.3) is 0 Å². The third kappa shape index (κ3) is 27.6. The minimum Gasteiger partial charge on any atom is -0.480 e. The van der Waals surface area contributed by atoms with Gasteiger partial charge in [-0.1, -0.05) is 27.7 Å². The lowest BCUT2D eigenvalue weighted by atomic mass is 10.0. The molecule has 0 aromatic heterocycles. The predicted molar refractivity (Wildman–Crippen MR) is 356 cm³/mol. The second kappa shape index (κ2) is 42.1. The molecule has 0 saturated carbocycles. The number of guanidine groups is 1. The number of nitrogens with two attached hydrogens (primary N) is 5. The monoisotopic (exact) mass is 1390 g/mol. The van der Waals surface area contributed by atoms with Gasteiger partial charge in [-0.3, -0.25) is 72.5 Å². The number of likely N-dealkylation sites (tertiary alicyclic amines) is 2. The number of carbonyl (C=O) groups is 15. The fourth-order valence-electron chi connectivity index (χ4n) is 11.4. The lowest BCUT2D eigenvalue weighted by molar-refractivity contribution is -0.143. The van der Waals surface area contributed by atoms with E-state index in [1.165, 1.54) is 30.6 Å². The summed E-state index contributed by atoms with van der Waals surface area (Å²) >= 11 is 0. The molecule has 552 valence electrons. The molecule has 24 N–H and O–H groups in total. The Kier molecular flexibility index (Phi) is 35.8. The van der Waals surface area contributed by atoms with Crippen LogP contribution in [0, 0.1) is 17.2 Å². The molecule has 3 aliphatic rings. The first kappa shape index (κ1) is 83.4. The summed E-state index contributed by atoms with van der Waals surface area (Å²) in [5, 5.41) is 48.8. The molecule has 36 nitrogen and oxygen atoms in total. The minimum absolute atomic E-state index is 0.00120. The van der Waals surface area contributed by atoms with E-state index in [0.29, 0.717) is 51.5 Å². The number of unbranched alkanes of at least 4 members (excludes halogenated alkanes) is 2. The third-order valence-electron chi connectivity index (χ3n) is 17.2. The smallest absolute Gasteiger partial charge is 0.326 e. The molecular formula is C62H108N20O16. The Morgan fingerprint density at radius 1 is 0.449 bits per heavy atom. The molecule has 98 heavy (non-hydrogen) atoms. The van der Waals surface area contributed by atoms with Crippen molar-refractivity contribution in [1.29, 1.82) is 5.41 Å². The van der Waals surface area contributed by atoms with Gasteiger partial charge in [0.2, 0.25) is 82.7 Å². The first-order valence-electron chi connectivity index (χ1n) is 33.9. The van der Waals surface area contributed by atoms with Gasteiger partial charge in [-0.25, -0.2) is 4.79 Å². The molecule has 3 heterocycles. The van der Waals surface area contributed by atoms with Crippen molar-refractivity contribution in [2.24, 2.45) is 40.5 Å². The maximum Gasteiger partial charge on any atom is 0.326 e. The third-order valence-corrected chi connectivity index (χ3v) is 17.2. The van der Waals surface area contributed by atoms with Crippen LogP contribution in [0.3, 0.4) is 0 Å². The van der Waals surface area contributed by atoms with Gasteiger partial charge in [-0.15, -0.1) is 0 Å². The molecule has 0 radical (unpaired) electrons. The molecule has 3 fully saturated rings. The first-order valence-corrected chi connectivity index (χ1v) is 33.9. The SMILES string of the molecule is CC(C)[C@H](NC(=O)[C@H](CCCCN)NC(=O)[C@H](CCCNC(=N)N)NC(=O)[C@@H]1CCCN1C(=O)[C@H](CCCCN)NC(=O)[C@H](C)NC(=O)[C@H](CCC(N)=O)NC(=O)[C@@H]1CCCN1C(=O)[C@@H](NC(=O)[C@@H]1CCCN1)C(C)C)C(=O)N[C@@H](C)C(=O)N[C@@H](C)C(=O)N[C@@H](CCC(N)=O)C(=O)O. The highest BCUT2D eigenvalue weighted by Gasteiger charge is 2.43. The number of carboxylic acids is 1. The van der Waals surface area contributed by atoms with Crippen molar-refractivity contribution in [3.05, 3.63) is 0 Å². The molecule has 14 amide bonds. The number of rotatable bonds is 43. The van der Waals surface area contributed by atoms with Crippen LogP contribution in [-0.2, 0) is 71.9 Å². The Morgan fingerprint density at radius 2 is 0.867 bits per heavy atom. The van der Waals surface area contributed by atoms with Gasteiger partial charge in [0.05, 0.1) is 6.04 Å². The van der Waals surface area contributed by atoms with Crippen molar-refractivity contribution in [3.63, 3.8) is 0 Å². The van der Waals surface area contributed by atoms with Crippen LogP contribution in [-0.4, -0.2) is 227 Å². The van der Waals surface area contributed by atoms with Gasteiger partial charge in [-0.05, 0) is 155 Å². The second-order valence-corrected chi connectivity index (χ2v) is 25.9. The van der Waals surface area contributed by atoms with Crippen LogP contribution in [0.1, 0.15) is 164 Å². The molecule has 0 aromatic carbocycles. The summed E-state index contributed by atoms with van der Waals surface area (Å²) in [6, 6.07) is -15.9. The molecule has 0 spiro atoms. The topological polar surface area (TPSA) is 581 Å². The van der Waals surface area contributed by atoms with E-state index >= 15 is 0 Å². The quantitative estimate of drug-likeness (QED) is 0.0154. The Hall–Kier alpha value is -8.80. The van der Waals surface area contributed by atoms with E-state index in [1.54, 1.807) is 27.7 Å². The summed E-state index contributed by atoms with van der Waals surface area (Å²) in [5.41, 5.74) is 27.7. The first-order chi connectivity index (χ1) is 46.2. The molecule has 0 bridgehead atoms. The zero-order valence-electron chi connectivity index (χ0n) is 57.5. The molecule has 36 heteroatoms. The summed E-state index contributed by atoms with van der Waals surface area (Å²) in [7, 11) is 0. The van der Waals surface area contributed by atoms with Gasteiger partial charge in [-0.2, -0.15) is 0 Å². The number of nitrogens with one attached hydrogen (secondary N) is 13. The average molecular weight is 1390 g/mol. The lowest BCUT2D eigenvalue weighted by Crippen LogP contribution is -2.60. The molecule has 3 rings (SSSR count). The average Bonchev–Trinajstić information content (AvgIpc) is 1.63. The molecule has 0 aliphatic carbocycles. The summed E-state index contributed by atoms with van der Waals surface area (Å²) in [5.74, 6) is -13.3. The normalized spacial score (nSPS) is 18.9. The van der Waals surface area contributed by atoms with Gasteiger partial charge in [0.15, 0.2) is 5.96 Å². The van der Waals surface area contributed by atoms with E-state index < -0.39 is 167 Å². The highest BCUT2D eigenvalue weighted by Crippen LogP contribution is 2.23. The molecule has 3 saturated heterocycles. The maximum absolute atomic E-state index is 14.7.